The zero-order valence-corrected chi connectivity index (χ0v) is 15.7. The lowest BCUT2D eigenvalue weighted by Crippen LogP contribution is -2.35. The third kappa shape index (κ3) is 4.24. The Morgan fingerprint density at radius 3 is 2.75 bits per heavy atom. The van der Waals surface area contributed by atoms with Gasteiger partial charge in [0, 0.05) is 43.5 Å². The van der Waals surface area contributed by atoms with Gasteiger partial charge in [0.2, 0.25) is 0 Å². The van der Waals surface area contributed by atoms with Crippen LogP contribution in [-0.2, 0) is 18.3 Å². The van der Waals surface area contributed by atoms with Gasteiger partial charge < -0.3 is 10.1 Å². The molecule has 2 aromatic carbocycles. The normalized spacial score (nSPS) is 14.8. The summed E-state index contributed by atoms with van der Waals surface area (Å²) in [7, 11) is 1.77. The fourth-order valence-corrected chi connectivity index (χ4v) is 3.24. The number of morpholine rings is 1. The maximum Gasteiger partial charge on any atom is 0.255 e. The van der Waals surface area contributed by atoms with Crippen LogP contribution in [0, 0.1) is 0 Å². The predicted molar refractivity (Wildman–Crippen MR) is 105 cm³/mol. The van der Waals surface area contributed by atoms with Crippen LogP contribution >= 0.6 is 0 Å². The Hall–Kier alpha value is -3.10. The monoisotopic (exact) mass is 378 g/mol. The molecule has 0 spiro atoms. The molecule has 1 aliphatic heterocycles. The number of anilines is 1. The third-order valence-electron chi connectivity index (χ3n) is 4.70. The number of nitrogens with one attached hydrogen (secondary N) is 1. The Balaban J connectivity index is 1.46. The number of rotatable bonds is 5. The maximum atomic E-state index is 12.7. The number of ether oxygens (including phenoxy) is 1. The average Bonchev–Trinajstić information content (AvgIpc) is 3.15. The Morgan fingerprint density at radius 2 is 1.96 bits per heavy atom. The SMILES string of the molecule is Cn1nnnc1-c1cccc(C(=O)Nc2cccc(CN3CCOCC3)c2)c1. The molecule has 1 aromatic heterocycles. The molecule has 2 heterocycles. The molecule has 0 aliphatic carbocycles. The van der Waals surface area contributed by atoms with Crippen molar-refractivity contribution >= 4 is 11.6 Å². The summed E-state index contributed by atoms with van der Waals surface area (Å²) in [6.45, 7) is 4.25. The topological polar surface area (TPSA) is 85.2 Å². The van der Waals surface area contributed by atoms with Gasteiger partial charge in [-0.05, 0) is 40.3 Å². The van der Waals surface area contributed by atoms with Crippen molar-refractivity contribution in [1.29, 1.82) is 0 Å². The van der Waals surface area contributed by atoms with E-state index in [4.69, 9.17) is 4.74 Å². The highest BCUT2D eigenvalue weighted by atomic mass is 16.5. The maximum absolute atomic E-state index is 12.7. The molecule has 1 fully saturated rings. The molecular weight excluding hydrogens is 356 g/mol. The first-order valence-corrected chi connectivity index (χ1v) is 9.22. The highest BCUT2D eigenvalue weighted by Gasteiger charge is 2.13. The van der Waals surface area contributed by atoms with E-state index in [2.05, 4.69) is 31.8 Å². The van der Waals surface area contributed by atoms with Crippen molar-refractivity contribution in [3.63, 3.8) is 0 Å². The summed E-state index contributed by atoms with van der Waals surface area (Å²) in [5.41, 5.74) is 3.29. The third-order valence-corrected chi connectivity index (χ3v) is 4.70. The number of hydrogen-bond donors (Lipinski definition) is 1. The quantitative estimate of drug-likeness (QED) is 0.731. The lowest BCUT2D eigenvalue weighted by molar-refractivity contribution is 0.0342. The predicted octanol–water partition coefficient (Wildman–Crippen LogP) is 1.96. The van der Waals surface area contributed by atoms with E-state index in [1.807, 2.05) is 30.3 Å². The second-order valence-corrected chi connectivity index (χ2v) is 6.75. The average molecular weight is 378 g/mol. The smallest absolute Gasteiger partial charge is 0.255 e. The van der Waals surface area contributed by atoms with E-state index < -0.39 is 0 Å². The molecule has 1 N–H and O–H groups in total. The van der Waals surface area contributed by atoms with Crippen LogP contribution in [-0.4, -0.2) is 57.3 Å². The lowest BCUT2D eigenvalue weighted by atomic mass is 10.1. The van der Waals surface area contributed by atoms with Gasteiger partial charge in [-0.15, -0.1) is 5.10 Å². The number of tetrazole rings is 1. The van der Waals surface area contributed by atoms with Crippen molar-refractivity contribution in [2.75, 3.05) is 31.6 Å². The molecule has 4 rings (SSSR count). The van der Waals surface area contributed by atoms with Crippen molar-refractivity contribution < 1.29 is 9.53 Å². The first-order valence-electron chi connectivity index (χ1n) is 9.22. The molecule has 0 saturated carbocycles. The zero-order chi connectivity index (χ0) is 19.3. The second kappa shape index (κ2) is 8.28. The van der Waals surface area contributed by atoms with Crippen LogP contribution in [0.1, 0.15) is 15.9 Å². The summed E-state index contributed by atoms with van der Waals surface area (Å²) in [4.78, 5) is 15.1. The van der Waals surface area contributed by atoms with Crippen LogP contribution < -0.4 is 5.32 Å². The Bertz CT molecular complexity index is 965. The van der Waals surface area contributed by atoms with Gasteiger partial charge in [-0.2, -0.15) is 0 Å². The fourth-order valence-electron chi connectivity index (χ4n) is 3.24. The van der Waals surface area contributed by atoms with Crippen LogP contribution in [0.2, 0.25) is 0 Å². The summed E-state index contributed by atoms with van der Waals surface area (Å²) >= 11 is 0. The Labute approximate surface area is 163 Å². The van der Waals surface area contributed by atoms with Gasteiger partial charge in [0.25, 0.3) is 5.91 Å². The van der Waals surface area contributed by atoms with E-state index >= 15 is 0 Å². The molecule has 8 heteroatoms. The van der Waals surface area contributed by atoms with Gasteiger partial charge in [0.05, 0.1) is 13.2 Å². The number of amides is 1. The Morgan fingerprint density at radius 1 is 1.14 bits per heavy atom. The molecule has 0 atom stereocenters. The number of hydrogen-bond acceptors (Lipinski definition) is 6. The van der Waals surface area contributed by atoms with Crippen LogP contribution in [0.25, 0.3) is 11.4 Å². The van der Waals surface area contributed by atoms with Gasteiger partial charge in [-0.3, -0.25) is 9.69 Å². The zero-order valence-electron chi connectivity index (χ0n) is 15.7. The van der Waals surface area contributed by atoms with Gasteiger partial charge >= 0.3 is 0 Å². The fraction of sp³-hybridized carbons (Fsp3) is 0.300. The molecule has 144 valence electrons. The molecule has 8 nitrogen and oxygen atoms in total. The largest absolute Gasteiger partial charge is 0.379 e. The summed E-state index contributed by atoms with van der Waals surface area (Å²) in [5, 5.41) is 14.5. The van der Waals surface area contributed by atoms with Crippen LogP contribution in [0.5, 0.6) is 0 Å². The van der Waals surface area contributed by atoms with E-state index in [1.165, 1.54) is 5.56 Å². The van der Waals surface area contributed by atoms with Gasteiger partial charge in [0.15, 0.2) is 5.82 Å². The molecule has 1 saturated heterocycles. The van der Waals surface area contributed by atoms with Gasteiger partial charge in [0.1, 0.15) is 0 Å². The number of carbonyl (C=O) groups excluding carboxylic acids is 1. The second-order valence-electron chi connectivity index (χ2n) is 6.75. The first kappa shape index (κ1) is 18.3. The lowest BCUT2D eigenvalue weighted by Gasteiger charge is -2.26. The highest BCUT2D eigenvalue weighted by molar-refractivity contribution is 6.04. The van der Waals surface area contributed by atoms with Crippen molar-refractivity contribution in [1.82, 2.24) is 25.1 Å². The van der Waals surface area contributed by atoms with Gasteiger partial charge in [-0.25, -0.2) is 4.68 Å². The van der Waals surface area contributed by atoms with E-state index in [-0.39, 0.29) is 5.91 Å². The molecule has 0 unspecified atom stereocenters. The van der Waals surface area contributed by atoms with Crippen molar-refractivity contribution in [3.05, 3.63) is 59.7 Å². The minimum atomic E-state index is -0.166. The first-order chi connectivity index (χ1) is 13.7. The van der Waals surface area contributed by atoms with Crippen molar-refractivity contribution in [2.45, 2.75) is 6.54 Å². The highest BCUT2D eigenvalue weighted by Crippen LogP contribution is 2.19. The number of carbonyl (C=O) groups is 1. The summed E-state index contributed by atoms with van der Waals surface area (Å²) in [6.07, 6.45) is 0. The van der Waals surface area contributed by atoms with Crippen molar-refractivity contribution in [3.8, 4) is 11.4 Å². The molecule has 28 heavy (non-hydrogen) atoms. The minimum Gasteiger partial charge on any atom is -0.379 e. The summed E-state index contributed by atoms with van der Waals surface area (Å²) < 4.78 is 6.97. The number of benzene rings is 2. The van der Waals surface area contributed by atoms with Crippen LogP contribution in [0.15, 0.2) is 48.5 Å². The molecule has 1 aliphatic rings. The molecule has 0 bridgehead atoms. The minimum absolute atomic E-state index is 0.166. The van der Waals surface area contributed by atoms with E-state index in [1.54, 1.807) is 23.9 Å². The molecular formula is C20H22N6O2. The summed E-state index contributed by atoms with van der Waals surface area (Å²) in [6, 6.07) is 15.2. The molecule has 1 amide bonds. The molecule has 3 aromatic rings. The summed E-state index contributed by atoms with van der Waals surface area (Å²) in [5.74, 6) is 0.447. The van der Waals surface area contributed by atoms with Crippen molar-refractivity contribution in [2.24, 2.45) is 7.05 Å². The number of aryl methyl sites for hydroxylation is 1. The van der Waals surface area contributed by atoms with E-state index in [9.17, 15) is 4.79 Å². The standard InChI is InChI=1S/C20H22N6O2/c1-25-19(22-23-24-25)16-5-3-6-17(13-16)20(27)21-18-7-2-4-15(12-18)14-26-8-10-28-11-9-26/h2-7,12-13H,8-11,14H2,1H3,(H,21,27). The molecule has 0 radical (unpaired) electrons. The van der Waals surface area contributed by atoms with E-state index in [0.29, 0.717) is 11.4 Å². The number of aromatic nitrogens is 4. The van der Waals surface area contributed by atoms with Gasteiger partial charge in [-0.1, -0.05) is 24.3 Å². The Kier molecular flexibility index (Phi) is 5.41. The van der Waals surface area contributed by atoms with Crippen LogP contribution in [0.3, 0.4) is 0 Å². The van der Waals surface area contributed by atoms with E-state index in [0.717, 1.165) is 44.1 Å². The number of nitrogens with zero attached hydrogens (tertiary/aromatic N) is 5. The van der Waals surface area contributed by atoms with Crippen LogP contribution in [0.4, 0.5) is 5.69 Å².